The van der Waals surface area contributed by atoms with Crippen LogP contribution >= 0.6 is 11.8 Å². The van der Waals surface area contributed by atoms with Crippen LogP contribution in [0.3, 0.4) is 0 Å². The number of rotatable bonds is 5. The molecule has 0 aliphatic heterocycles. The molecule has 0 heterocycles. The first-order valence-electron chi connectivity index (χ1n) is 6.64. The second-order valence-electron chi connectivity index (χ2n) is 4.65. The highest BCUT2D eigenvalue weighted by atomic mass is 32.2. The van der Waals surface area contributed by atoms with E-state index in [-0.39, 0.29) is 18.1 Å². The van der Waals surface area contributed by atoms with Gasteiger partial charge in [-0.2, -0.15) is 0 Å². The van der Waals surface area contributed by atoms with Crippen LogP contribution in [0.2, 0.25) is 0 Å². The number of alkyl halides is 3. The van der Waals surface area contributed by atoms with Crippen molar-refractivity contribution in [3.63, 3.8) is 0 Å². The lowest BCUT2D eigenvalue weighted by molar-refractivity contribution is -0.274. The number of benzene rings is 2. The van der Waals surface area contributed by atoms with Crippen LogP contribution in [0.5, 0.6) is 5.75 Å². The van der Waals surface area contributed by atoms with Crippen molar-refractivity contribution < 1.29 is 22.7 Å². The number of nitrogens with one attached hydrogen (secondary N) is 1. The van der Waals surface area contributed by atoms with Gasteiger partial charge < -0.3 is 10.1 Å². The number of ether oxygens (including phenoxy) is 1. The summed E-state index contributed by atoms with van der Waals surface area (Å²) in [6.07, 6.45) is -2.72. The molecular formula is C16H14F3NO2S. The zero-order chi connectivity index (χ0) is 16.9. The van der Waals surface area contributed by atoms with E-state index in [9.17, 15) is 18.0 Å². The number of halogens is 3. The molecule has 0 bridgehead atoms. The Morgan fingerprint density at radius 2 is 1.87 bits per heavy atom. The first kappa shape index (κ1) is 17.2. The number of carbonyl (C=O) groups is 1. The van der Waals surface area contributed by atoms with Crippen LogP contribution in [-0.2, 0) is 11.2 Å². The van der Waals surface area contributed by atoms with Crippen molar-refractivity contribution in [2.24, 2.45) is 0 Å². The summed E-state index contributed by atoms with van der Waals surface area (Å²) < 4.78 is 40.0. The molecule has 3 nitrogen and oxygen atoms in total. The smallest absolute Gasteiger partial charge is 0.406 e. The number of thioether (sulfide) groups is 1. The molecule has 0 fully saturated rings. The molecule has 0 saturated carbocycles. The second kappa shape index (κ2) is 7.41. The fraction of sp³-hybridized carbons (Fsp3) is 0.188. The Balaban J connectivity index is 1.94. The van der Waals surface area contributed by atoms with E-state index in [4.69, 9.17) is 0 Å². The summed E-state index contributed by atoms with van der Waals surface area (Å²) in [6, 6.07) is 12.6. The molecule has 122 valence electrons. The van der Waals surface area contributed by atoms with Crippen molar-refractivity contribution in [2.75, 3.05) is 11.6 Å². The maximum absolute atomic E-state index is 12.1. The Hall–Kier alpha value is -2.15. The minimum absolute atomic E-state index is 0.0653. The van der Waals surface area contributed by atoms with Crippen LogP contribution in [-0.4, -0.2) is 18.5 Å². The molecule has 0 aromatic heterocycles. The molecule has 7 heteroatoms. The van der Waals surface area contributed by atoms with Gasteiger partial charge in [0.1, 0.15) is 5.75 Å². The average molecular weight is 341 g/mol. The van der Waals surface area contributed by atoms with Gasteiger partial charge in [-0.1, -0.05) is 18.2 Å². The quantitative estimate of drug-likeness (QED) is 0.815. The fourth-order valence-corrected chi connectivity index (χ4v) is 2.36. The molecule has 0 unspecified atom stereocenters. The summed E-state index contributed by atoms with van der Waals surface area (Å²) in [5, 5.41) is 2.75. The van der Waals surface area contributed by atoms with Crippen LogP contribution in [0.4, 0.5) is 18.9 Å². The van der Waals surface area contributed by atoms with Gasteiger partial charge in [0.25, 0.3) is 0 Å². The van der Waals surface area contributed by atoms with Gasteiger partial charge in [0.2, 0.25) is 5.91 Å². The molecule has 2 rings (SSSR count). The molecule has 2 aromatic rings. The van der Waals surface area contributed by atoms with E-state index in [0.717, 1.165) is 4.90 Å². The molecular weight excluding hydrogens is 327 g/mol. The summed E-state index contributed by atoms with van der Waals surface area (Å²) in [5.74, 6) is -0.554. The lowest BCUT2D eigenvalue weighted by Crippen LogP contribution is -2.17. The van der Waals surface area contributed by atoms with Gasteiger partial charge in [0.15, 0.2) is 0 Å². The minimum Gasteiger partial charge on any atom is -0.406 e. The second-order valence-corrected chi connectivity index (χ2v) is 5.53. The predicted molar refractivity (Wildman–Crippen MR) is 83.7 cm³/mol. The Kier molecular flexibility index (Phi) is 5.54. The van der Waals surface area contributed by atoms with Gasteiger partial charge in [0, 0.05) is 10.6 Å². The Bertz CT molecular complexity index is 672. The van der Waals surface area contributed by atoms with Crippen LogP contribution in [0.1, 0.15) is 5.56 Å². The lowest BCUT2D eigenvalue weighted by atomic mass is 10.1. The summed E-state index contributed by atoms with van der Waals surface area (Å²) in [6.45, 7) is 0. The van der Waals surface area contributed by atoms with Crippen molar-refractivity contribution in [2.45, 2.75) is 17.7 Å². The number of hydrogen-bond donors (Lipinski definition) is 1. The normalized spacial score (nSPS) is 11.1. The Morgan fingerprint density at radius 1 is 1.17 bits per heavy atom. The third-order valence-electron chi connectivity index (χ3n) is 2.88. The number of anilines is 1. The monoisotopic (exact) mass is 341 g/mol. The largest absolute Gasteiger partial charge is 0.573 e. The molecule has 0 aliphatic carbocycles. The molecule has 2 aromatic carbocycles. The van der Waals surface area contributed by atoms with Gasteiger partial charge in [-0.15, -0.1) is 24.9 Å². The summed E-state index contributed by atoms with van der Waals surface area (Å²) in [7, 11) is 0. The summed E-state index contributed by atoms with van der Waals surface area (Å²) in [5.41, 5.74) is 1.27. The Morgan fingerprint density at radius 3 is 2.48 bits per heavy atom. The third-order valence-corrected chi connectivity index (χ3v) is 3.60. The van der Waals surface area contributed by atoms with E-state index in [1.807, 2.05) is 24.5 Å². The van der Waals surface area contributed by atoms with Crippen LogP contribution in [0.25, 0.3) is 0 Å². The van der Waals surface area contributed by atoms with Crippen LogP contribution in [0, 0.1) is 0 Å². The molecule has 23 heavy (non-hydrogen) atoms. The SMILES string of the molecule is CSc1cccc(NC(=O)Cc2ccc(OC(F)(F)F)cc2)c1. The van der Waals surface area contributed by atoms with Crippen LogP contribution in [0.15, 0.2) is 53.4 Å². The molecule has 1 N–H and O–H groups in total. The molecule has 0 atom stereocenters. The average Bonchev–Trinajstić information content (AvgIpc) is 2.48. The van der Waals surface area contributed by atoms with Gasteiger partial charge in [-0.05, 0) is 42.2 Å². The minimum atomic E-state index is -4.72. The highest BCUT2D eigenvalue weighted by Crippen LogP contribution is 2.23. The zero-order valence-electron chi connectivity index (χ0n) is 12.2. The van der Waals surface area contributed by atoms with E-state index in [2.05, 4.69) is 10.1 Å². The molecule has 0 aliphatic rings. The third kappa shape index (κ3) is 5.86. The van der Waals surface area contributed by atoms with E-state index in [1.165, 1.54) is 24.3 Å². The molecule has 0 radical (unpaired) electrons. The molecule has 0 spiro atoms. The van der Waals surface area contributed by atoms with Gasteiger partial charge >= 0.3 is 6.36 Å². The first-order valence-corrected chi connectivity index (χ1v) is 7.87. The van der Waals surface area contributed by atoms with Gasteiger partial charge in [-0.3, -0.25) is 4.79 Å². The van der Waals surface area contributed by atoms with Crippen molar-refractivity contribution in [3.8, 4) is 5.75 Å². The first-order chi connectivity index (χ1) is 10.9. The molecule has 1 amide bonds. The molecule has 0 saturated heterocycles. The Labute approximate surface area is 135 Å². The summed E-state index contributed by atoms with van der Waals surface area (Å²) >= 11 is 1.56. The fourth-order valence-electron chi connectivity index (χ4n) is 1.90. The number of carbonyl (C=O) groups excluding carboxylic acids is 1. The maximum atomic E-state index is 12.1. The van der Waals surface area contributed by atoms with E-state index < -0.39 is 6.36 Å². The highest BCUT2D eigenvalue weighted by Gasteiger charge is 2.30. The number of hydrogen-bond acceptors (Lipinski definition) is 3. The van der Waals surface area contributed by atoms with Gasteiger partial charge in [-0.25, -0.2) is 0 Å². The van der Waals surface area contributed by atoms with Crippen molar-refractivity contribution in [3.05, 3.63) is 54.1 Å². The van der Waals surface area contributed by atoms with E-state index in [1.54, 1.807) is 17.8 Å². The van der Waals surface area contributed by atoms with Gasteiger partial charge in [0.05, 0.1) is 6.42 Å². The zero-order valence-corrected chi connectivity index (χ0v) is 13.0. The highest BCUT2D eigenvalue weighted by molar-refractivity contribution is 7.98. The topological polar surface area (TPSA) is 38.3 Å². The van der Waals surface area contributed by atoms with Crippen molar-refractivity contribution in [1.29, 1.82) is 0 Å². The van der Waals surface area contributed by atoms with Crippen molar-refractivity contribution >= 4 is 23.4 Å². The predicted octanol–water partition coefficient (Wildman–Crippen LogP) is 4.49. The van der Waals surface area contributed by atoms with E-state index >= 15 is 0 Å². The van der Waals surface area contributed by atoms with E-state index in [0.29, 0.717) is 11.3 Å². The summed E-state index contributed by atoms with van der Waals surface area (Å²) in [4.78, 5) is 13.0. The maximum Gasteiger partial charge on any atom is 0.573 e. The van der Waals surface area contributed by atoms with Crippen molar-refractivity contribution in [1.82, 2.24) is 0 Å². The van der Waals surface area contributed by atoms with Crippen LogP contribution < -0.4 is 10.1 Å². The lowest BCUT2D eigenvalue weighted by Gasteiger charge is -2.09. The standard InChI is InChI=1S/C16H14F3NO2S/c1-23-14-4-2-3-12(10-14)20-15(21)9-11-5-7-13(8-6-11)22-16(17,18)19/h2-8,10H,9H2,1H3,(H,20,21). The number of amides is 1.